The molecule has 0 radical (unpaired) electrons. The lowest BCUT2D eigenvalue weighted by Crippen LogP contribution is -2.40. The Morgan fingerprint density at radius 2 is 1.63 bits per heavy atom. The molecular formula is C22H25F3N2O2S. The highest BCUT2D eigenvalue weighted by Crippen LogP contribution is 2.32. The first kappa shape index (κ1) is 23.8. The van der Waals surface area contributed by atoms with Crippen LogP contribution in [0.15, 0.2) is 53.4 Å². The van der Waals surface area contributed by atoms with Crippen molar-refractivity contribution in [3.8, 4) is 0 Å². The first-order valence-electron chi connectivity index (χ1n) is 9.38. The van der Waals surface area contributed by atoms with Crippen molar-refractivity contribution in [2.45, 2.75) is 49.4 Å². The summed E-state index contributed by atoms with van der Waals surface area (Å²) in [7, 11) is 0. The molecule has 2 N–H and O–H groups in total. The maximum absolute atomic E-state index is 13.0. The Morgan fingerprint density at radius 3 is 2.20 bits per heavy atom. The molecule has 4 nitrogen and oxygen atoms in total. The van der Waals surface area contributed by atoms with Crippen LogP contribution >= 0.6 is 11.8 Å². The number of anilines is 1. The molecule has 30 heavy (non-hydrogen) atoms. The smallest absolute Gasteiger partial charge is 0.354 e. The number of carbonyl (C=O) groups excluding carboxylic acids is 2. The molecule has 1 atom stereocenters. The van der Waals surface area contributed by atoms with Gasteiger partial charge in [0.15, 0.2) is 0 Å². The third-order valence-electron chi connectivity index (χ3n) is 4.53. The summed E-state index contributed by atoms with van der Waals surface area (Å²) in [5.41, 5.74) is -0.189. The molecule has 2 aromatic rings. The van der Waals surface area contributed by atoms with Crippen LogP contribution in [0.3, 0.4) is 0 Å². The maximum Gasteiger partial charge on any atom is 0.416 e. The van der Waals surface area contributed by atoms with Crippen LogP contribution in [0.5, 0.6) is 0 Å². The Bertz CT molecular complexity index is 896. The van der Waals surface area contributed by atoms with E-state index in [1.165, 1.54) is 24.8 Å². The van der Waals surface area contributed by atoms with E-state index >= 15 is 0 Å². The summed E-state index contributed by atoms with van der Waals surface area (Å²) in [5, 5.41) is 5.12. The highest BCUT2D eigenvalue weighted by molar-refractivity contribution is 8.00. The number of hydrogen-bond donors (Lipinski definition) is 2. The molecule has 2 rings (SSSR count). The second-order valence-electron chi connectivity index (χ2n) is 7.65. The lowest BCUT2D eigenvalue weighted by atomic mass is 9.83. The molecule has 0 aliphatic heterocycles. The number of alkyl halides is 3. The van der Waals surface area contributed by atoms with Gasteiger partial charge in [-0.25, -0.2) is 0 Å². The van der Waals surface area contributed by atoms with Crippen LogP contribution in [0.2, 0.25) is 0 Å². The molecule has 0 saturated carbocycles. The van der Waals surface area contributed by atoms with Gasteiger partial charge in [-0.2, -0.15) is 13.2 Å². The van der Waals surface area contributed by atoms with Crippen LogP contribution in [-0.2, 0) is 21.2 Å². The van der Waals surface area contributed by atoms with Crippen LogP contribution < -0.4 is 10.6 Å². The van der Waals surface area contributed by atoms with Crippen LogP contribution in [0, 0.1) is 0 Å². The van der Waals surface area contributed by atoms with E-state index in [0.29, 0.717) is 11.3 Å². The number of halogens is 3. The lowest BCUT2D eigenvalue weighted by Gasteiger charge is -2.27. The van der Waals surface area contributed by atoms with E-state index in [4.69, 9.17) is 0 Å². The lowest BCUT2D eigenvalue weighted by molar-refractivity contribution is -0.137. The van der Waals surface area contributed by atoms with Gasteiger partial charge in [0.25, 0.3) is 0 Å². The highest BCUT2D eigenvalue weighted by atomic mass is 32.2. The van der Waals surface area contributed by atoms with Crippen molar-refractivity contribution in [2.24, 2.45) is 0 Å². The summed E-state index contributed by atoms with van der Waals surface area (Å²) in [6.07, 6.45) is -4.41. The summed E-state index contributed by atoms with van der Waals surface area (Å²) >= 11 is 1.36. The summed E-state index contributed by atoms with van der Waals surface area (Å²) in [6.45, 7) is 6.98. The zero-order valence-corrected chi connectivity index (χ0v) is 18.1. The van der Waals surface area contributed by atoms with Crippen LogP contribution in [0.4, 0.5) is 18.9 Å². The van der Waals surface area contributed by atoms with E-state index in [0.717, 1.165) is 17.0 Å². The van der Waals surface area contributed by atoms with Crippen molar-refractivity contribution in [2.75, 3.05) is 11.9 Å². The quantitative estimate of drug-likeness (QED) is 0.582. The molecule has 0 aliphatic rings. The van der Waals surface area contributed by atoms with E-state index in [9.17, 15) is 22.8 Å². The summed E-state index contributed by atoms with van der Waals surface area (Å²) in [6, 6.07) is 12.3. The van der Waals surface area contributed by atoms with E-state index < -0.39 is 22.4 Å². The Kier molecular flexibility index (Phi) is 7.58. The molecule has 2 aromatic carbocycles. The van der Waals surface area contributed by atoms with Crippen molar-refractivity contribution >= 4 is 29.3 Å². The standard InChI is InChI=1S/C22H25F3N2O2S/c1-14(30-19-10-8-18(9-11-19)27-15(2)28)20(29)26-13-21(3,4)16-6-5-7-17(12-16)22(23,24)25/h5-12,14H,13H2,1-4H3,(H,26,29)(H,27,28). The number of amides is 2. The van der Waals surface area contributed by atoms with Crippen LogP contribution in [-0.4, -0.2) is 23.6 Å². The third-order valence-corrected chi connectivity index (χ3v) is 5.64. The van der Waals surface area contributed by atoms with E-state index in [-0.39, 0.29) is 18.4 Å². The van der Waals surface area contributed by atoms with Gasteiger partial charge in [-0.1, -0.05) is 32.0 Å². The largest absolute Gasteiger partial charge is 0.416 e. The predicted octanol–water partition coefficient (Wildman–Crippen LogP) is 5.24. The number of thioether (sulfide) groups is 1. The van der Waals surface area contributed by atoms with Gasteiger partial charge < -0.3 is 10.6 Å². The second kappa shape index (κ2) is 9.55. The average molecular weight is 439 g/mol. The molecule has 0 fully saturated rings. The van der Waals surface area contributed by atoms with Gasteiger partial charge in [0.1, 0.15) is 0 Å². The van der Waals surface area contributed by atoms with E-state index in [1.54, 1.807) is 39.0 Å². The van der Waals surface area contributed by atoms with Gasteiger partial charge in [-0.15, -0.1) is 11.8 Å². The monoisotopic (exact) mass is 438 g/mol. The van der Waals surface area contributed by atoms with Crippen LogP contribution in [0.25, 0.3) is 0 Å². The fraction of sp³-hybridized carbons (Fsp3) is 0.364. The molecular weight excluding hydrogens is 413 g/mol. The minimum Gasteiger partial charge on any atom is -0.354 e. The summed E-state index contributed by atoms with van der Waals surface area (Å²) < 4.78 is 38.9. The summed E-state index contributed by atoms with van der Waals surface area (Å²) in [4.78, 5) is 24.4. The SMILES string of the molecule is CC(=O)Nc1ccc(SC(C)C(=O)NCC(C)(C)c2cccc(C(F)(F)F)c2)cc1. The fourth-order valence-electron chi connectivity index (χ4n) is 2.75. The molecule has 0 bridgehead atoms. The molecule has 0 heterocycles. The van der Waals surface area contributed by atoms with Gasteiger partial charge in [0.05, 0.1) is 10.8 Å². The molecule has 0 aromatic heterocycles. The Labute approximate surface area is 178 Å². The molecule has 2 amide bonds. The average Bonchev–Trinajstić information content (AvgIpc) is 2.66. The number of rotatable bonds is 7. The minimum absolute atomic E-state index is 0.161. The fourth-order valence-corrected chi connectivity index (χ4v) is 3.64. The Balaban J connectivity index is 1.96. The highest BCUT2D eigenvalue weighted by Gasteiger charge is 2.32. The maximum atomic E-state index is 13.0. The predicted molar refractivity (Wildman–Crippen MR) is 114 cm³/mol. The zero-order valence-electron chi connectivity index (χ0n) is 17.3. The van der Waals surface area contributed by atoms with Crippen molar-refractivity contribution in [3.63, 3.8) is 0 Å². The third kappa shape index (κ3) is 6.79. The number of carbonyl (C=O) groups is 2. The number of benzene rings is 2. The van der Waals surface area contributed by atoms with Gasteiger partial charge in [-0.3, -0.25) is 9.59 Å². The normalized spacial score (nSPS) is 12.9. The first-order chi connectivity index (χ1) is 13.9. The van der Waals surface area contributed by atoms with Crippen molar-refractivity contribution in [1.29, 1.82) is 0 Å². The van der Waals surface area contributed by atoms with Gasteiger partial charge in [-0.05, 0) is 42.8 Å². The van der Waals surface area contributed by atoms with Crippen molar-refractivity contribution in [1.82, 2.24) is 5.32 Å². The van der Waals surface area contributed by atoms with E-state index in [2.05, 4.69) is 10.6 Å². The van der Waals surface area contributed by atoms with E-state index in [1.807, 2.05) is 12.1 Å². The second-order valence-corrected chi connectivity index (χ2v) is 9.06. The molecule has 1 unspecified atom stereocenters. The number of nitrogens with one attached hydrogen (secondary N) is 2. The molecule has 0 aliphatic carbocycles. The molecule has 162 valence electrons. The minimum atomic E-state index is -4.41. The van der Waals surface area contributed by atoms with Crippen molar-refractivity contribution in [3.05, 3.63) is 59.7 Å². The number of hydrogen-bond acceptors (Lipinski definition) is 3. The van der Waals surface area contributed by atoms with Crippen molar-refractivity contribution < 1.29 is 22.8 Å². The van der Waals surface area contributed by atoms with Crippen LogP contribution in [0.1, 0.15) is 38.8 Å². The Morgan fingerprint density at radius 1 is 1.03 bits per heavy atom. The van der Waals surface area contributed by atoms with Gasteiger partial charge in [0, 0.05) is 29.5 Å². The molecule has 0 saturated heterocycles. The van der Waals surface area contributed by atoms with Gasteiger partial charge in [0.2, 0.25) is 11.8 Å². The topological polar surface area (TPSA) is 58.2 Å². The van der Waals surface area contributed by atoms with Gasteiger partial charge >= 0.3 is 6.18 Å². The Hall–Kier alpha value is -2.48. The summed E-state index contributed by atoms with van der Waals surface area (Å²) in [5.74, 6) is -0.363. The first-order valence-corrected chi connectivity index (χ1v) is 10.3. The zero-order chi connectivity index (χ0) is 22.5. The molecule has 8 heteroatoms. The molecule has 0 spiro atoms.